The smallest absolute Gasteiger partial charge is 0.152 e. The highest BCUT2D eigenvalue weighted by Gasteiger charge is 2.52. The van der Waals surface area contributed by atoms with E-state index < -0.39 is 0 Å². The van der Waals surface area contributed by atoms with Crippen LogP contribution < -0.4 is 0 Å². The fourth-order valence-electron chi connectivity index (χ4n) is 1.39. The maximum Gasteiger partial charge on any atom is 0.152 e. The molecule has 0 aliphatic carbocycles. The zero-order chi connectivity index (χ0) is 8.60. The minimum atomic E-state index is -0.226. The van der Waals surface area contributed by atoms with Crippen LogP contribution in [0.3, 0.4) is 0 Å². The lowest BCUT2D eigenvalue weighted by atomic mass is 9.98. The Hall–Kier alpha value is -1.26. The fraction of sp³-hybridized carbons (Fsp3) is 0.273. The molecular weight excluding hydrogens is 148 g/mol. The summed E-state index contributed by atoms with van der Waals surface area (Å²) >= 11 is 0. The van der Waals surface area contributed by atoms with E-state index in [0.717, 1.165) is 5.56 Å². The minimum absolute atomic E-state index is 0.0418. The molecule has 1 aliphatic rings. The summed E-state index contributed by atoms with van der Waals surface area (Å²) in [6, 6.07) is 10.1. The van der Waals surface area contributed by atoms with Crippen molar-refractivity contribution < 1.29 is 4.74 Å². The molecule has 2 rings (SSSR count). The number of epoxide rings is 1. The van der Waals surface area contributed by atoms with Gasteiger partial charge in [-0.1, -0.05) is 36.3 Å². The van der Waals surface area contributed by atoms with Crippen LogP contribution >= 0.6 is 0 Å². The van der Waals surface area contributed by atoms with Gasteiger partial charge in [0.25, 0.3) is 0 Å². The van der Waals surface area contributed by atoms with Crippen LogP contribution in [0.1, 0.15) is 12.5 Å². The lowest BCUT2D eigenvalue weighted by Crippen LogP contribution is -2.05. The molecule has 1 heterocycles. The quantitative estimate of drug-likeness (QED) is 0.449. The molecule has 1 aromatic carbocycles. The van der Waals surface area contributed by atoms with E-state index in [4.69, 9.17) is 11.2 Å². The Bertz CT molecular complexity index is 323. The van der Waals surface area contributed by atoms with Crippen molar-refractivity contribution in [1.29, 1.82) is 0 Å². The van der Waals surface area contributed by atoms with E-state index in [-0.39, 0.29) is 11.7 Å². The molecule has 0 aromatic heterocycles. The van der Waals surface area contributed by atoms with E-state index in [1.165, 1.54) is 0 Å². The molecule has 2 atom stereocenters. The highest BCUT2D eigenvalue weighted by atomic mass is 16.6. The van der Waals surface area contributed by atoms with Crippen LogP contribution in [0.5, 0.6) is 0 Å². The number of hydrogen-bond donors (Lipinski definition) is 0. The van der Waals surface area contributed by atoms with Gasteiger partial charge in [0, 0.05) is 0 Å². The van der Waals surface area contributed by atoms with Crippen molar-refractivity contribution in [3.05, 3.63) is 35.9 Å². The van der Waals surface area contributed by atoms with Crippen LogP contribution in [0.2, 0.25) is 0 Å². The van der Waals surface area contributed by atoms with Gasteiger partial charge in [0.15, 0.2) is 6.10 Å². The highest BCUT2D eigenvalue weighted by Crippen LogP contribution is 2.45. The first kappa shape index (κ1) is 7.39. The summed E-state index contributed by atoms with van der Waals surface area (Å²) in [4.78, 5) is 0. The van der Waals surface area contributed by atoms with E-state index >= 15 is 0 Å². The summed E-state index contributed by atoms with van der Waals surface area (Å²) < 4.78 is 5.40. The monoisotopic (exact) mass is 158 g/mol. The first-order chi connectivity index (χ1) is 5.77. The number of ether oxygens (including phenoxy) is 1. The van der Waals surface area contributed by atoms with Gasteiger partial charge in [0.1, 0.15) is 5.60 Å². The van der Waals surface area contributed by atoms with Crippen LogP contribution in [-0.2, 0) is 10.3 Å². The second-order valence-electron chi connectivity index (χ2n) is 3.14. The van der Waals surface area contributed by atoms with E-state index in [0.29, 0.717) is 0 Å². The molecule has 0 bridgehead atoms. The maximum absolute atomic E-state index is 5.40. The normalized spacial score (nSPS) is 32.5. The Kier molecular flexibility index (Phi) is 1.46. The van der Waals surface area contributed by atoms with Crippen molar-refractivity contribution >= 4 is 0 Å². The first-order valence-corrected chi connectivity index (χ1v) is 3.97. The molecule has 60 valence electrons. The average Bonchev–Trinajstić information content (AvgIpc) is 2.81. The van der Waals surface area contributed by atoms with Gasteiger partial charge in [0.05, 0.1) is 0 Å². The number of rotatable bonds is 1. The Balaban J connectivity index is 2.30. The second kappa shape index (κ2) is 2.36. The number of benzene rings is 1. The molecule has 1 nitrogen and oxygen atoms in total. The van der Waals surface area contributed by atoms with Crippen LogP contribution in [0.15, 0.2) is 30.3 Å². The van der Waals surface area contributed by atoms with Crippen molar-refractivity contribution in [2.75, 3.05) is 0 Å². The molecule has 0 N–H and O–H groups in total. The topological polar surface area (TPSA) is 12.5 Å². The molecule has 1 aliphatic heterocycles. The lowest BCUT2D eigenvalue weighted by Gasteiger charge is -2.03. The third-order valence-electron chi connectivity index (χ3n) is 2.30. The van der Waals surface area contributed by atoms with Gasteiger partial charge >= 0.3 is 0 Å². The van der Waals surface area contributed by atoms with Crippen molar-refractivity contribution in [2.45, 2.75) is 18.6 Å². The second-order valence-corrected chi connectivity index (χ2v) is 3.14. The number of hydrogen-bond acceptors (Lipinski definition) is 1. The van der Waals surface area contributed by atoms with Crippen LogP contribution in [0.25, 0.3) is 0 Å². The minimum Gasteiger partial charge on any atom is -0.347 e. The van der Waals surface area contributed by atoms with Crippen LogP contribution in [0, 0.1) is 12.3 Å². The summed E-state index contributed by atoms with van der Waals surface area (Å²) in [6.07, 6.45) is 5.23. The fourth-order valence-corrected chi connectivity index (χ4v) is 1.39. The zero-order valence-electron chi connectivity index (χ0n) is 6.95. The van der Waals surface area contributed by atoms with Crippen molar-refractivity contribution in [3.63, 3.8) is 0 Å². The van der Waals surface area contributed by atoms with Gasteiger partial charge in [0.2, 0.25) is 0 Å². The van der Waals surface area contributed by atoms with Gasteiger partial charge in [-0.05, 0) is 12.5 Å². The molecule has 0 radical (unpaired) electrons. The summed E-state index contributed by atoms with van der Waals surface area (Å²) in [6.45, 7) is 2.02. The SMILES string of the molecule is C#C[C@H]1O[C@@]1(C)c1ccccc1. The summed E-state index contributed by atoms with van der Waals surface area (Å²) in [5, 5.41) is 0. The van der Waals surface area contributed by atoms with Gasteiger partial charge in [-0.15, -0.1) is 6.42 Å². The van der Waals surface area contributed by atoms with Gasteiger partial charge in [-0.2, -0.15) is 0 Å². The van der Waals surface area contributed by atoms with Crippen molar-refractivity contribution in [1.82, 2.24) is 0 Å². The van der Waals surface area contributed by atoms with Gasteiger partial charge in [-0.25, -0.2) is 0 Å². The molecule has 0 spiro atoms. The first-order valence-electron chi connectivity index (χ1n) is 3.97. The third-order valence-corrected chi connectivity index (χ3v) is 2.30. The van der Waals surface area contributed by atoms with Crippen LogP contribution in [0.4, 0.5) is 0 Å². The van der Waals surface area contributed by atoms with E-state index in [2.05, 4.69) is 5.92 Å². The van der Waals surface area contributed by atoms with Crippen molar-refractivity contribution in [2.24, 2.45) is 0 Å². The van der Waals surface area contributed by atoms with Gasteiger partial charge in [-0.3, -0.25) is 0 Å². The zero-order valence-corrected chi connectivity index (χ0v) is 6.95. The summed E-state index contributed by atoms with van der Waals surface area (Å²) in [7, 11) is 0. The Morgan fingerprint density at radius 2 is 2.08 bits per heavy atom. The molecule has 0 saturated carbocycles. The average molecular weight is 158 g/mol. The maximum atomic E-state index is 5.40. The molecule has 1 aromatic rings. The third kappa shape index (κ3) is 0.929. The van der Waals surface area contributed by atoms with Crippen LogP contribution in [-0.4, -0.2) is 6.10 Å². The Morgan fingerprint density at radius 1 is 1.42 bits per heavy atom. The standard InChI is InChI=1S/C11H10O/c1-3-10-11(2,12-10)9-7-5-4-6-8-9/h1,4-8,10H,2H3/t10-,11+/m1/s1. The predicted molar refractivity (Wildman–Crippen MR) is 47.5 cm³/mol. The Labute approximate surface area is 72.4 Å². The predicted octanol–water partition coefficient (Wildman–Crippen LogP) is 1.93. The highest BCUT2D eigenvalue weighted by molar-refractivity contribution is 5.32. The van der Waals surface area contributed by atoms with Crippen molar-refractivity contribution in [3.8, 4) is 12.3 Å². The molecular formula is C11H10O. The molecule has 0 unspecified atom stereocenters. The largest absolute Gasteiger partial charge is 0.347 e. The van der Waals surface area contributed by atoms with E-state index in [9.17, 15) is 0 Å². The molecule has 1 heteroatoms. The number of terminal acetylenes is 1. The van der Waals surface area contributed by atoms with Gasteiger partial charge < -0.3 is 4.74 Å². The molecule has 1 saturated heterocycles. The summed E-state index contributed by atoms with van der Waals surface area (Å²) in [5.41, 5.74) is 0.934. The molecule has 0 amide bonds. The Morgan fingerprint density at radius 3 is 2.58 bits per heavy atom. The van der Waals surface area contributed by atoms with E-state index in [1.807, 2.05) is 37.3 Å². The lowest BCUT2D eigenvalue weighted by molar-refractivity contribution is 0.322. The molecule has 12 heavy (non-hydrogen) atoms. The summed E-state index contributed by atoms with van der Waals surface area (Å²) in [5.74, 6) is 2.61. The molecule has 1 fully saturated rings. The van der Waals surface area contributed by atoms with E-state index in [1.54, 1.807) is 0 Å².